The first kappa shape index (κ1) is 19.7. The van der Waals surface area contributed by atoms with Crippen LogP contribution in [-0.4, -0.2) is 19.0 Å². The summed E-state index contributed by atoms with van der Waals surface area (Å²) < 4.78 is 36.6. The van der Waals surface area contributed by atoms with Gasteiger partial charge in [0.25, 0.3) is 0 Å². The molecule has 8 heteroatoms. The Labute approximate surface area is 153 Å². The first-order valence-electron chi connectivity index (χ1n) is 7.35. The number of ether oxygens (including phenoxy) is 2. The molecule has 1 aliphatic rings. The standard InChI is InChI=1S/C17H16Cl2F2O4/c1-17(2)9(4-5-12(22)24-3)13(17)16(23)25-7-8-14(18)10(20)6-11(21)15(8)19/h4-6,9,13H,7H2,1-3H3/b5-4-/t9-,13-/m0/s1. The molecule has 0 N–H and O–H groups in total. The van der Waals surface area contributed by atoms with Gasteiger partial charge in [0.15, 0.2) is 0 Å². The van der Waals surface area contributed by atoms with Gasteiger partial charge < -0.3 is 9.47 Å². The van der Waals surface area contributed by atoms with Gasteiger partial charge in [0, 0.05) is 17.7 Å². The molecule has 1 aliphatic carbocycles. The van der Waals surface area contributed by atoms with E-state index in [2.05, 4.69) is 4.74 Å². The van der Waals surface area contributed by atoms with Crippen LogP contribution >= 0.6 is 23.2 Å². The van der Waals surface area contributed by atoms with E-state index < -0.39 is 51.6 Å². The maximum Gasteiger partial charge on any atom is 0.330 e. The summed E-state index contributed by atoms with van der Waals surface area (Å²) in [6, 6.07) is 0.563. The number of carbonyl (C=O) groups is 2. The number of hydrogen-bond donors (Lipinski definition) is 0. The SMILES string of the molecule is COC(=O)/C=C\[C@H]1[C@@H](C(=O)OCc2c(Cl)c(F)cc(F)c2Cl)C1(C)C. The third kappa shape index (κ3) is 3.96. The average Bonchev–Trinajstić information content (AvgIpc) is 3.11. The number of halogens is 4. The zero-order valence-corrected chi connectivity index (χ0v) is 15.3. The molecule has 0 unspecified atom stereocenters. The summed E-state index contributed by atoms with van der Waals surface area (Å²) in [4.78, 5) is 23.4. The van der Waals surface area contributed by atoms with Gasteiger partial charge in [-0.3, -0.25) is 4.79 Å². The van der Waals surface area contributed by atoms with E-state index in [-0.39, 0.29) is 11.5 Å². The van der Waals surface area contributed by atoms with Crippen LogP contribution in [0.2, 0.25) is 10.0 Å². The lowest BCUT2D eigenvalue weighted by Gasteiger charge is -2.10. The van der Waals surface area contributed by atoms with Crippen molar-refractivity contribution in [3.8, 4) is 0 Å². The molecule has 2 rings (SSSR count). The van der Waals surface area contributed by atoms with Crippen molar-refractivity contribution in [3.63, 3.8) is 0 Å². The Balaban J connectivity index is 2.07. The molecule has 0 radical (unpaired) electrons. The van der Waals surface area contributed by atoms with Crippen molar-refractivity contribution in [1.82, 2.24) is 0 Å². The second-order valence-electron chi connectivity index (χ2n) is 6.26. The van der Waals surface area contributed by atoms with Gasteiger partial charge in [-0.25, -0.2) is 13.6 Å². The van der Waals surface area contributed by atoms with Gasteiger partial charge in [0.1, 0.15) is 18.2 Å². The molecule has 0 saturated heterocycles. The highest BCUT2D eigenvalue weighted by atomic mass is 35.5. The fourth-order valence-corrected chi connectivity index (χ4v) is 3.18. The van der Waals surface area contributed by atoms with Crippen molar-refractivity contribution in [2.24, 2.45) is 17.3 Å². The van der Waals surface area contributed by atoms with Gasteiger partial charge in [-0.1, -0.05) is 43.1 Å². The van der Waals surface area contributed by atoms with Crippen molar-refractivity contribution in [1.29, 1.82) is 0 Å². The fourth-order valence-electron chi connectivity index (χ4n) is 2.72. The molecule has 1 aromatic rings. The molecule has 1 fully saturated rings. The largest absolute Gasteiger partial charge is 0.466 e. The lowest BCUT2D eigenvalue weighted by atomic mass is 10.1. The smallest absolute Gasteiger partial charge is 0.330 e. The lowest BCUT2D eigenvalue weighted by molar-refractivity contribution is -0.147. The Morgan fingerprint density at radius 1 is 1.24 bits per heavy atom. The van der Waals surface area contributed by atoms with E-state index in [1.54, 1.807) is 6.08 Å². The van der Waals surface area contributed by atoms with Crippen LogP contribution in [-0.2, 0) is 25.7 Å². The lowest BCUT2D eigenvalue weighted by Crippen LogP contribution is -2.11. The predicted octanol–water partition coefficient (Wildman–Crippen LogP) is 4.32. The molecular formula is C17H16Cl2F2O4. The van der Waals surface area contributed by atoms with Crippen LogP contribution in [0.15, 0.2) is 18.2 Å². The van der Waals surface area contributed by atoms with E-state index in [1.807, 2.05) is 13.8 Å². The van der Waals surface area contributed by atoms with Crippen LogP contribution in [0.25, 0.3) is 0 Å². The van der Waals surface area contributed by atoms with Crippen LogP contribution in [0.3, 0.4) is 0 Å². The summed E-state index contributed by atoms with van der Waals surface area (Å²) in [6.07, 6.45) is 2.83. The average molecular weight is 393 g/mol. The highest BCUT2D eigenvalue weighted by Gasteiger charge is 2.61. The molecule has 1 aromatic carbocycles. The van der Waals surface area contributed by atoms with Gasteiger partial charge in [-0.05, 0) is 11.3 Å². The van der Waals surface area contributed by atoms with Crippen LogP contribution in [0.5, 0.6) is 0 Å². The number of methoxy groups -OCH3 is 1. The van der Waals surface area contributed by atoms with E-state index in [4.69, 9.17) is 27.9 Å². The molecule has 2 atom stereocenters. The first-order valence-corrected chi connectivity index (χ1v) is 8.11. The molecule has 25 heavy (non-hydrogen) atoms. The van der Waals surface area contributed by atoms with Crippen LogP contribution in [0.4, 0.5) is 8.78 Å². The Morgan fingerprint density at radius 2 is 1.80 bits per heavy atom. The second kappa shape index (κ2) is 7.30. The predicted molar refractivity (Wildman–Crippen MR) is 88.1 cm³/mol. The van der Waals surface area contributed by atoms with Crippen LogP contribution in [0, 0.1) is 28.9 Å². The number of benzene rings is 1. The number of hydrogen-bond acceptors (Lipinski definition) is 4. The van der Waals surface area contributed by atoms with Crippen molar-refractivity contribution >= 4 is 35.1 Å². The quantitative estimate of drug-likeness (QED) is 0.425. The minimum Gasteiger partial charge on any atom is -0.466 e. The third-order valence-electron chi connectivity index (χ3n) is 4.37. The van der Waals surface area contributed by atoms with Gasteiger partial charge >= 0.3 is 11.9 Å². The monoisotopic (exact) mass is 392 g/mol. The molecule has 1 saturated carbocycles. The maximum atomic E-state index is 13.5. The summed E-state index contributed by atoms with van der Waals surface area (Å²) in [7, 11) is 1.25. The van der Waals surface area contributed by atoms with Crippen molar-refractivity contribution in [2.45, 2.75) is 20.5 Å². The zero-order valence-electron chi connectivity index (χ0n) is 13.7. The summed E-state index contributed by atoms with van der Waals surface area (Å²) in [5.41, 5.74) is -0.545. The van der Waals surface area contributed by atoms with Crippen LogP contribution in [0.1, 0.15) is 19.4 Å². The van der Waals surface area contributed by atoms with Gasteiger partial charge in [0.05, 0.1) is 23.1 Å². The highest BCUT2D eigenvalue weighted by molar-refractivity contribution is 6.36. The second-order valence-corrected chi connectivity index (χ2v) is 7.02. The minimum absolute atomic E-state index is 0.130. The zero-order chi connectivity index (χ0) is 18.9. The first-order chi connectivity index (χ1) is 11.6. The molecular weight excluding hydrogens is 377 g/mol. The molecule has 0 bridgehead atoms. The maximum absolute atomic E-state index is 13.5. The Morgan fingerprint density at radius 3 is 2.32 bits per heavy atom. The van der Waals surface area contributed by atoms with Gasteiger partial charge in [0.2, 0.25) is 0 Å². The summed E-state index contributed by atoms with van der Waals surface area (Å²) in [6.45, 7) is 3.23. The molecule has 0 aromatic heterocycles. The number of allylic oxidation sites excluding steroid dienone is 1. The number of rotatable bonds is 5. The Hall–Kier alpha value is -1.66. The molecule has 0 aliphatic heterocycles. The Kier molecular flexibility index (Phi) is 5.74. The number of esters is 2. The van der Waals surface area contributed by atoms with Gasteiger partial charge in [-0.15, -0.1) is 0 Å². The normalized spacial score (nSPS) is 21.2. The summed E-state index contributed by atoms with van der Waals surface area (Å²) >= 11 is 11.5. The molecule has 4 nitrogen and oxygen atoms in total. The van der Waals surface area contributed by atoms with E-state index >= 15 is 0 Å². The minimum atomic E-state index is -0.986. The highest BCUT2D eigenvalue weighted by Crippen LogP contribution is 2.59. The van der Waals surface area contributed by atoms with E-state index in [0.717, 1.165) is 0 Å². The number of carbonyl (C=O) groups excluding carboxylic acids is 2. The van der Waals surface area contributed by atoms with Gasteiger partial charge in [-0.2, -0.15) is 0 Å². The fraction of sp³-hybridized carbons (Fsp3) is 0.412. The van der Waals surface area contributed by atoms with Crippen molar-refractivity contribution in [2.75, 3.05) is 7.11 Å². The van der Waals surface area contributed by atoms with Crippen LogP contribution < -0.4 is 0 Å². The van der Waals surface area contributed by atoms with E-state index in [9.17, 15) is 18.4 Å². The van der Waals surface area contributed by atoms with E-state index in [1.165, 1.54) is 13.2 Å². The van der Waals surface area contributed by atoms with E-state index in [0.29, 0.717) is 6.07 Å². The summed E-state index contributed by atoms with van der Waals surface area (Å²) in [5.74, 6) is -3.77. The topological polar surface area (TPSA) is 52.6 Å². The van der Waals surface area contributed by atoms with Crippen molar-refractivity contribution < 1.29 is 27.8 Å². The van der Waals surface area contributed by atoms with Crippen molar-refractivity contribution in [3.05, 3.63) is 45.5 Å². The molecule has 0 spiro atoms. The molecule has 0 amide bonds. The molecule has 136 valence electrons. The molecule has 0 heterocycles. The summed E-state index contributed by atoms with van der Waals surface area (Å²) in [5, 5.41) is -0.784. The Bertz CT molecular complexity index is 720. The third-order valence-corrected chi connectivity index (χ3v) is 5.18.